The van der Waals surface area contributed by atoms with Crippen LogP contribution in [0.4, 0.5) is 13.2 Å². The smallest absolute Gasteiger partial charge is 0.362 e. The SMILES string of the molecule is CCC1(c2cccc(C(F)(F)F)c2)C2=CN=NC2NC2=C1C(=O)NC(C)C2. The highest BCUT2D eigenvalue weighted by atomic mass is 19.4. The van der Waals surface area contributed by atoms with E-state index in [2.05, 4.69) is 20.9 Å². The minimum absolute atomic E-state index is 0.0660. The average molecular weight is 376 g/mol. The second kappa shape index (κ2) is 5.94. The van der Waals surface area contributed by atoms with Crippen LogP contribution in [0.1, 0.15) is 37.8 Å². The zero-order chi connectivity index (χ0) is 19.4. The highest BCUT2D eigenvalue weighted by Crippen LogP contribution is 2.51. The summed E-state index contributed by atoms with van der Waals surface area (Å²) in [6.07, 6.45) is -2.37. The normalized spacial score (nSPS) is 29.7. The molecule has 3 aliphatic heterocycles. The lowest BCUT2D eigenvalue weighted by molar-refractivity contribution is -0.137. The van der Waals surface area contributed by atoms with E-state index in [4.69, 9.17) is 0 Å². The van der Waals surface area contributed by atoms with Gasteiger partial charge in [-0.05, 0) is 25.0 Å². The number of hydrogen-bond acceptors (Lipinski definition) is 4. The van der Waals surface area contributed by atoms with Gasteiger partial charge in [0.05, 0.1) is 22.8 Å². The van der Waals surface area contributed by atoms with Gasteiger partial charge in [0.15, 0.2) is 6.17 Å². The second-order valence-corrected chi connectivity index (χ2v) is 7.13. The van der Waals surface area contributed by atoms with Gasteiger partial charge in [-0.3, -0.25) is 4.79 Å². The minimum atomic E-state index is -4.46. The Bertz CT molecular complexity index is 902. The molecule has 0 fully saturated rings. The summed E-state index contributed by atoms with van der Waals surface area (Å²) in [6, 6.07) is 5.15. The van der Waals surface area contributed by atoms with Crippen LogP contribution in [0, 0.1) is 0 Å². The lowest BCUT2D eigenvalue weighted by Gasteiger charge is -2.46. The lowest BCUT2D eigenvalue weighted by Crippen LogP contribution is -2.55. The quantitative estimate of drug-likeness (QED) is 0.825. The number of amides is 1. The van der Waals surface area contributed by atoms with Crippen LogP contribution in [0.5, 0.6) is 0 Å². The van der Waals surface area contributed by atoms with E-state index in [0.29, 0.717) is 29.6 Å². The maximum absolute atomic E-state index is 13.3. The summed E-state index contributed by atoms with van der Waals surface area (Å²) in [7, 11) is 0. The van der Waals surface area contributed by atoms with Gasteiger partial charge in [0, 0.05) is 23.7 Å². The Hall–Kier alpha value is -2.64. The Balaban J connectivity index is 1.98. The largest absolute Gasteiger partial charge is 0.416 e. The molecular formula is C19H19F3N4O. The first kappa shape index (κ1) is 17.8. The van der Waals surface area contributed by atoms with Crippen molar-refractivity contribution in [1.29, 1.82) is 0 Å². The summed E-state index contributed by atoms with van der Waals surface area (Å²) in [5.74, 6) is -0.262. The maximum Gasteiger partial charge on any atom is 0.416 e. The molecular weight excluding hydrogens is 357 g/mol. The van der Waals surface area contributed by atoms with Gasteiger partial charge in [-0.15, -0.1) is 0 Å². The van der Waals surface area contributed by atoms with Crippen LogP contribution >= 0.6 is 0 Å². The number of carbonyl (C=O) groups excluding carboxylic acids is 1. The van der Waals surface area contributed by atoms with Gasteiger partial charge in [0.25, 0.3) is 0 Å². The molecule has 5 nitrogen and oxygen atoms in total. The third-order valence-electron chi connectivity index (χ3n) is 5.53. The van der Waals surface area contributed by atoms with Crippen LogP contribution in [0.25, 0.3) is 0 Å². The molecule has 3 heterocycles. The predicted octanol–water partition coefficient (Wildman–Crippen LogP) is 3.79. The minimum Gasteiger partial charge on any atom is -0.362 e. The van der Waals surface area contributed by atoms with E-state index in [1.54, 1.807) is 12.3 Å². The molecule has 3 aliphatic rings. The molecule has 1 aromatic rings. The third kappa shape index (κ3) is 2.57. The van der Waals surface area contributed by atoms with Crippen molar-refractivity contribution in [3.8, 4) is 0 Å². The van der Waals surface area contributed by atoms with Crippen molar-refractivity contribution >= 4 is 5.91 Å². The Morgan fingerprint density at radius 1 is 1.30 bits per heavy atom. The number of hydrogen-bond donors (Lipinski definition) is 2. The van der Waals surface area contributed by atoms with E-state index in [1.165, 1.54) is 6.07 Å². The standard InChI is InChI=1S/C19H19F3N4O/c1-3-18(11-5-4-6-12(8-11)19(20,21)22)13-9-23-26-16(13)25-14-7-10(2)24-17(27)15(14)18/h4-6,8-10,16,25H,3,7H2,1-2H3,(H,24,27). The highest BCUT2D eigenvalue weighted by Gasteiger charge is 2.52. The molecule has 142 valence electrons. The van der Waals surface area contributed by atoms with Crippen LogP contribution < -0.4 is 10.6 Å². The molecule has 4 rings (SSSR count). The van der Waals surface area contributed by atoms with Gasteiger partial charge < -0.3 is 10.6 Å². The van der Waals surface area contributed by atoms with Crippen molar-refractivity contribution < 1.29 is 18.0 Å². The van der Waals surface area contributed by atoms with Crippen LogP contribution in [-0.2, 0) is 16.4 Å². The van der Waals surface area contributed by atoms with E-state index in [-0.39, 0.29) is 11.9 Å². The van der Waals surface area contributed by atoms with Crippen molar-refractivity contribution in [3.05, 3.63) is 58.4 Å². The van der Waals surface area contributed by atoms with Gasteiger partial charge in [0.2, 0.25) is 5.91 Å². The highest BCUT2D eigenvalue weighted by molar-refractivity contribution is 5.99. The van der Waals surface area contributed by atoms with Gasteiger partial charge >= 0.3 is 6.18 Å². The number of rotatable bonds is 2. The van der Waals surface area contributed by atoms with Crippen LogP contribution in [0.2, 0.25) is 0 Å². The van der Waals surface area contributed by atoms with E-state index >= 15 is 0 Å². The van der Waals surface area contributed by atoms with Crippen LogP contribution in [0.15, 0.2) is 57.5 Å². The van der Waals surface area contributed by atoms with E-state index in [0.717, 1.165) is 17.8 Å². The Labute approximate surface area is 154 Å². The number of nitrogens with one attached hydrogen (secondary N) is 2. The molecule has 0 bridgehead atoms. The molecule has 8 heteroatoms. The summed E-state index contributed by atoms with van der Waals surface area (Å²) >= 11 is 0. The monoisotopic (exact) mass is 376 g/mol. The number of benzene rings is 1. The number of alkyl halides is 3. The number of nitrogens with zero attached hydrogens (tertiary/aromatic N) is 2. The summed E-state index contributed by atoms with van der Waals surface area (Å²) in [6.45, 7) is 3.76. The third-order valence-corrected chi connectivity index (χ3v) is 5.53. The molecule has 0 radical (unpaired) electrons. The molecule has 2 N–H and O–H groups in total. The molecule has 3 unspecified atom stereocenters. The van der Waals surface area contributed by atoms with Crippen LogP contribution in [-0.4, -0.2) is 18.1 Å². The summed E-state index contributed by atoms with van der Waals surface area (Å²) < 4.78 is 40.0. The molecule has 1 amide bonds. The molecule has 0 aromatic heterocycles. The van der Waals surface area contributed by atoms with Crippen molar-refractivity contribution in [2.24, 2.45) is 10.2 Å². The number of halogens is 3. The maximum atomic E-state index is 13.3. The average Bonchev–Trinajstić information content (AvgIpc) is 3.07. The Morgan fingerprint density at radius 3 is 2.78 bits per heavy atom. The lowest BCUT2D eigenvalue weighted by atomic mass is 9.62. The van der Waals surface area contributed by atoms with Gasteiger partial charge in [0.1, 0.15) is 0 Å². The molecule has 0 saturated heterocycles. The fourth-order valence-corrected chi connectivity index (χ4v) is 4.39. The van der Waals surface area contributed by atoms with E-state index in [9.17, 15) is 18.0 Å². The molecule has 0 saturated carbocycles. The van der Waals surface area contributed by atoms with Crippen molar-refractivity contribution in [1.82, 2.24) is 10.6 Å². The summed E-state index contributed by atoms with van der Waals surface area (Å²) in [4.78, 5) is 12.9. The topological polar surface area (TPSA) is 65.8 Å². The fraction of sp³-hybridized carbons (Fsp3) is 0.421. The molecule has 27 heavy (non-hydrogen) atoms. The fourth-order valence-electron chi connectivity index (χ4n) is 4.39. The second-order valence-electron chi connectivity index (χ2n) is 7.13. The van der Waals surface area contributed by atoms with E-state index < -0.39 is 23.3 Å². The molecule has 0 aliphatic carbocycles. The Kier molecular flexibility index (Phi) is 3.90. The number of azo groups is 1. The molecule has 1 aromatic carbocycles. The van der Waals surface area contributed by atoms with Crippen molar-refractivity contribution in [3.63, 3.8) is 0 Å². The number of fused-ring (bicyclic) bond motifs is 1. The molecule has 3 atom stereocenters. The van der Waals surface area contributed by atoms with Crippen LogP contribution in [0.3, 0.4) is 0 Å². The number of carbonyl (C=O) groups is 1. The first-order valence-electron chi connectivity index (χ1n) is 8.86. The zero-order valence-corrected chi connectivity index (χ0v) is 14.9. The van der Waals surface area contributed by atoms with Gasteiger partial charge in [-0.25, -0.2) is 0 Å². The predicted molar refractivity (Wildman–Crippen MR) is 92.5 cm³/mol. The first-order chi connectivity index (χ1) is 12.8. The first-order valence-corrected chi connectivity index (χ1v) is 8.86. The molecule has 0 spiro atoms. The summed E-state index contributed by atoms with van der Waals surface area (Å²) in [5, 5.41) is 14.3. The summed E-state index contributed by atoms with van der Waals surface area (Å²) in [5.41, 5.74) is 0.600. The van der Waals surface area contributed by atoms with Crippen molar-refractivity contribution in [2.75, 3.05) is 0 Å². The van der Waals surface area contributed by atoms with E-state index in [1.807, 2.05) is 13.8 Å². The van der Waals surface area contributed by atoms with Crippen molar-refractivity contribution in [2.45, 2.75) is 50.5 Å². The zero-order valence-electron chi connectivity index (χ0n) is 14.9. The Morgan fingerprint density at radius 2 is 2.07 bits per heavy atom. The van der Waals surface area contributed by atoms with Gasteiger partial charge in [-0.2, -0.15) is 23.4 Å². The van der Waals surface area contributed by atoms with Gasteiger partial charge in [-0.1, -0.05) is 25.1 Å².